The number of nitrogen functional groups attached to an aromatic ring is 1. The van der Waals surface area contributed by atoms with Crippen LogP contribution < -0.4 is 19.9 Å². The Bertz CT molecular complexity index is 648. The molecule has 0 spiro atoms. The Morgan fingerprint density at radius 2 is 1.95 bits per heavy atom. The fraction of sp³-hybridized carbons (Fsp3) is 0.357. The van der Waals surface area contributed by atoms with Gasteiger partial charge >= 0.3 is 6.01 Å². The Labute approximate surface area is 122 Å². The predicted molar refractivity (Wildman–Crippen MR) is 76.5 cm³/mol. The third-order valence-corrected chi connectivity index (χ3v) is 2.87. The summed E-state index contributed by atoms with van der Waals surface area (Å²) in [5.41, 5.74) is 6.48. The zero-order valence-electron chi connectivity index (χ0n) is 11.7. The molecule has 0 unspecified atom stereocenters. The van der Waals surface area contributed by atoms with Crippen molar-refractivity contribution >= 4 is 5.95 Å². The zero-order chi connectivity index (χ0) is 14.7. The van der Waals surface area contributed by atoms with Gasteiger partial charge in [-0.1, -0.05) is 6.92 Å². The highest BCUT2D eigenvalue weighted by Crippen LogP contribution is 2.33. The fourth-order valence-corrected chi connectivity index (χ4v) is 1.94. The van der Waals surface area contributed by atoms with Gasteiger partial charge in [-0.25, -0.2) is 0 Å². The van der Waals surface area contributed by atoms with E-state index in [0.29, 0.717) is 31.4 Å². The van der Waals surface area contributed by atoms with E-state index >= 15 is 0 Å². The summed E-state index contributed by atoms with van der Waals surface area (Å²) in [7, 11) is 0. The topological polar surface area (TPSA) is 92.4 Å². The maximum atomic E-state index is 5.71. The molecule has 0 aliphatic carbocycles. The summed E-state index contributed by atoms with van der Waals surface area (Å²) in [6.07, 6.45) is 0.866. The normalized spacial score (nSPS) is 13.0. The summed E-state index contributed by atoms with van der Waals surface area (Å²) in [5.74, 6) is 1.97. The molecule has 21 heavy (non-hydrogen) atoms. The second-order valence-electron chi connectivity index (χ2n) is 4.51. The van der Waals surface area contributed by atoms with Crippen LogP contribution in [0.4, 0.5) is 5.95 Å². The summed E-state index contributed by atoms with van der Waals surface area (Å²) >= 11 is 0. The van der Waals surface area contributed by atoms with E-state index in [2.05, 4.69) is 15.0 Å². The lowest BCUT2D eigenvalue weighted by Gasteiger charge is -2.18. The molecule has 1 aliphatic heterocycles. The number of nitrogens with two attached hydrogens (primary N) is 1. The van der Waals surface area contributed by atoms with Crippen LogP contribution in [0.25, 0.3) is 11.4 Å². The van der Waals surface area contributed by atoms with Crippen molar-refractivity contribution in [3.63, 3.8) is 0 Å². The summed E-state index contributed by atoms with van der Waals surface area (Å²) < 4.78 is 16.5. The number of benzene rings is 1. The van der Waals surface area contributed by atoms with E-state index in [-0.39, 0.29) is 12.0 Å². The number of nitrogens with zero attached hydrogens (tertiary/aromatic N) is 3. The van der Waals surface area contributed by atoms with Gasteiger partial charge in [0.1, 0.15) is 13.2 Å². The molecular formula is C14H16N4O3. The molecule has 7 heteroatoms. The van der Waals surface area contributed by atoms with Gasteiger partial charge < -0.3 is 19.9 Å². The van der Waals surface area contributed by atoms with Gasteiger partial charge in [-0.3, -0.25) is 0 Å². The summed E-state index contributed by atoms with van der Waals surface area (Å²) in [4.78, 5) is 12.4. The molecule has 7 nitrogen and oxygen atoms in total. The second kappa shape index (κ2) is 5.82. The molecule has 3 rings (SSSR count). The van der Waals surface area contributed by atoms with Crippen LogP contribution in [0, 0.1) is 0 Å². The maximum absolute atomic E-state index is 5.71. The van der Waals surface area contributed by atoms with Crippen LogP contribution in [-0.2, 0) is 0 Å². The third-order valence-electron chi connectivity index (χ3n) is 2.87. The first-order chi connectivity index (χ1) is 10.3. The lowest BCUT2D eigenvalue weighted by molar-refractivity contribution is 0.171. The van der Waals surface area contributed by atoms with Gasteiger partial charge in [-0.05, 0) is 24.6 Å². The van der Waals surface area contributed by atoms with Crippen molar-refractivity contribution in [2.24, 2.45) is 0 Å². The predicted octanol–water partition coefficient (Wildman–Crippen LogP) is 1.68. The molecule has 1 aromatic carbocycles. The Balaban J connectivity index is 1.94. The highest BCUT2D eigenvalue weighted by Gasteiger charge is 2.15. The van der Waals surface area contributed by atoms with Crippen molar-refractivity contribution in [2.75, 3.05) is 25.6 Å². The van der Waals surface area contributed by atoms with Crippen LogP contribution in [-0.4, -0.2) is 34.8 Å². The monoisotopic (exact) mass is 288 g/mol. The Hall–Kier alpha value is -2.57. The fourth-order valence-electron chi connectivity index (χ4n) is 1.94. The van der Waals surface area contributed by atoms with Crippen LogP contribution in [0.1, 0.15) is 13.3 Å². The van der Waals surface area contributed by atoms with Crippen LogP contribution in [0.2, 0.25) is 0 Å². The minimum Gasteiger partial charge on any atom is -0.486 e. The minimum absolute atomic E-state index is 0.126. The average Bonchev–Trinajstić information content (AvgIpc) is 2.52. The van der Waals surface area contributed by atoms with E-state index in [1.54, 1.807) is 0 Å². The van der Waals surface area contributed by atoms with Gasteiger partial charge in [0.25, 0.3) is 0 Å². The quantitative estimate of drug-likeness (QED) is 0.914. The van der Waals surface area contributed by atoms with Crippen molar-refractivity contribution in [2.45, 2.75) is 13.3 Å². The minimum atomic E-state index is 0.126. The standard InChI is InChI=1S/C14H16N4O3/c1-2-5-21-14-17-12(16-13(15)18-14)9-3-4-10-11(8-9)20-7-6-19-10/h3-4,8H,2,5-7H2,1H3,(H2,15,16,17,18). The molecule has 2 N–H and O–H groups in total. The number of rotatable bonds is 4. The first-order valence-corrected chi connectivity index (χ1v) is 6.80. The molecule has 0 saturated heterocycles. The molecule has 110 valence electrons. The van der Waals surface area contributed by atoms with Gasteiger partial charge in [0.15, 0.2) is 17.3 Å². The molecule has 0 radical (unpaired) electrons. The molecule has 0 bridgehead atoms. The van der Waals surface area contributed by atoms with E-state index < -0.39 is 0 Å². The van der Waals surface area contributed by atoms with Gasteiger partial charge in [-0.15, -0.1) is 0 Å². The number of hydrogen-bond donors (Lipinski definition) is 1. The maximum Gasteiger partial charge on any atom is 0.321 e. The summed E-state index contributed by atoms with van der Waals surface area (Å²) in [5, 5.41) is 0. The van der Waals surface area contributed by atoms with Crippen molar-refractivity contribution in [1.82, 2.24) is 15.0 Å². The molecule has 2 aromatic rings. The van der Waals surface area contributed by atoms with E-state index in [9.17, 15) is 0 Å². The van der Waals surface area contributed by atoms with Crippen LogP contribution in [0.5, 0.6) is 17.5 Å². The molecule has 2 heterocycles. The van der Waals surface area contributed by atoms with Crippen molar-refractivity contribution in [3.05, 3.63) is 18.2 Å². The Kier molecular flexibility index (Phi) is 3.72. The van der Waals surface area contributed by atoms with Crippen molar-refractivity contribution in [3.8, 4) is 28.9 Å². The van der Waals surface area contributed by atoms with Gasteiger partial charge in [0, 0.05) is 5.56 Å². The molecule has 0 fully saturated rings. The van der Waals surface area contributed by atoms with Crippen molar-refractivity contribution < 1.29 is 14.2 Å². The molecule has 0 saturated carbocycles. The number of fused-ring (bicyclic) bond motifs is 1. The van der Waals surface area contributed by atoms with Crippen LogP contribution in [0.3, 0.4) is 0 Å². The lowest BCUT2D eigenvalue weighted by atomic mass is 10.2. The summed E-state index contributed by atoms with van der Waals surface area (Å²) in [6.45, 7) is 3.62. The lowest BCUT2D eigenvalue weighted by Crippen LogP contribution is -2.15. The summed E-state index contributed by atoms with van der Waals surface area (Å²) in [6, 6.07) is 5.74. The molecule has 1 aliphatic rings. The van der Waals surface area contributed by atoms with E-state index in [4.69, 9.17) is 19.9 Å². The Morgan fingerprint density at radius 3 is 2.76 bits per heavy atom. The highest BCUT2D eigenvalue weighted by molar-refractivity contribution is 5.62. The van der Waals surface area contributed by atoms with Crippen LogP contribution in [0.15, 0.2) is 18.2 Å². The SMILES string of the molecule is CCCOc1nc(N)nc(-c2ccc3c(c2)OCCO3)n1. The zero-order valence-corrected chi connectivity index (χ0v) is 11.7. The molecule has 1 aromatic heterocycles. The second-order valence-corrected chi connectivity index (χ2v) is 4.51. The third kappa shape index (κ3) is 2.96. The largest absolute Gasteiger partial charge is 0.486 e. The van der Waals surface area contributed by atoms with Gasteiger partial charge in [-0.2, -0.15) is 15.0 Å². The van der Waals surface area contributed by atoms with E-state index in [1.807, 2.05) is 25.1 Å². The number of aromatic nitrogens is 3. The smallest absolute Gasteiger partial charge is 0.321 e. The number of ether oxygens (including phenoxy) is 3. The number of hydrogen-bond acceptors (Lipinski definition) is 7. The molecule has 0 amide bonds. The molecule has 0 atom stereocenters. The van der Waals surface area contributed by atoms with Crippen LogP contribution >= 0.6 is 0 Å². The van der Waals surface area contributed by atoms with E-state index in [0.717, 1.165) is 17.7 Å². The van der Waals surface area contributed by atoms with Gasteiger partial charge in [0.2, 0.25) is 5.95 Å². The average molecular weight is 288 g/mol. The molecular weight excluding hydrogens is 272 g/mol. The highest BCUT2D eigenvalue weighted by atomic mass is 16.6. The Morgan fingerprint density at radius 1 is 1.14 bits per heavy atom. The first-order valence-electron chi connectivity index (χ1n) is 6.80. The van der Waals surface area contributed by atoms with Gasteiger partial charge in [0.05, 0.1) is 6.61 Å². The number of anilines is 1. The van der Waals surface area contributed by atoms with E-state index in [1.165, 1.54) is 0 Å². The first kappa shape index (κ1) is 13.4. The van der Waals surface area contributed by atoms with Crippen molar-refractivity contribution in [1.29, 1.82) is 0 Å².